The highest BCUT2D eigenvalue weighted by Crippen LogP contribution is 2.38. The van der Waals surface area contributed by atoms with E-state index in [1.165, 1.54) is 24.3 Å². The highest BCUT2D eigenvalue weighted by molar-refractivity contribution is 9.10. The zero-order valence-electron chi connectivity index (χ0n) is 12.7. The summed E-state index contributed by atoms with van der Waals surface area (Å²) in [5.41, 5.74) is 0.879. The van der Waals surface area contributed by atoms with Crippen molar-refractivity contribution in [3.8, 4) is 11.5 Å². The van der Waals surface area contributed by atoms with Gasteiger partial charge in [0.05, 0.1) is 9.17 Å². The number of benzene rings is 2. The summed E-state index contributed by atoms with van der Waals surface area (Å²) in [5, 5.41) is -0.309. The van der Waals surface area contributed by atoms with E-state index < -0.39 is 12.8 Å². The van der Waals surface area contributed by atoms with Crippen LogP contribution in [-0.2, 0) is 6.61 Å². The van der Waals surface area contributed by atoms with Gasteiger partial charge >= 0.3 is 6.36 Å². The van der Waals surface area contributed by atoms with Gasteiger partial charge in [-0.05, 0) is 45.8 Å². The van der Waals surface area contributed by atoms with Gasteiger partial charge in [0.2, 0.25) is 0 Å². The summed E-state index contributed by atoms with van der Waals surface area (Å²) < 4.78 is 72.7. The Morgan fingerprint density at radius 2 is 1.77 bits per heavy atom. The molecule has 138 valence electrons. The number of halogens is 6. The third-order valence-electron chi connectivity index (χ3n) is 3.21. The summed E-state index contributed by atoms with van der Waals surface area (Å²) in [6, 6.07) is 8.48. The van der Waals surface area contributed by atoms with Crippen LogP contribution < -0.4 is 9.47 Å². The van der Waals surface area contributed by atoms with Gasteiger partial charge in [0, 0.05) is 0 Å². The topological polar surface area (TPSA) is 31.4 Å². The fourth-order valence-electron chi connectivity index (χ4n) is 2.14. The van der Waals surface area contributed by atoms with Crippen molar-refractivity contribution >= 4 is 37.5 Å². The molecule has 10 heteroatoms. The summed E-state index contributed by atoms with van der Waals surface area (Å²) >= 11 is 4.16. The quantitative estimate of drug-likeness (QED) is 0.414. The first-order valence-electron chi connectivity index (χ1n) is 7.07. The van der Waals surface area contributed by atoms with E-state index >= 15 is 0 Å². The van der Waals surface area contributed by atoms with E-state index in [0.29, 0.717) is 26.0 Å². The minimum absolute atomic E-state index is 0.0194. The molecule has 3 nitrogen and oxygen atoms in total. The maximum Gasteiger partial charge on any atom is 0.573 e. The Morgan fingerprint density at radius 3 is 2.38 bits per heavy atom. The van der Waals surface area contributed by atoms with Gasteiger partial charge in [0.1, 0.15) is 17.9 Å². The minimum atomic E-state index is -4.76. The van der Waals surface area contributed by atoms with Crippen molar-refractivity contribution in [3.63, 3.8) is 0 Å². The summed E-state index contributed by atoms with van der Waals surface area (Å²) in [4.78, 5) is 3.91. The van der Waals surface area contributed by atoms with Crippen LogP contribution in [0.15, 0.2) is 40.9 Å². The smallest absolute Gasteiger partial charge is 0.485 e. The van der Waals surface area contributed by atoms with Crippen LogP contribution in [0.2, 0.25) is 0 Å². The van der Waals surface area contributed by atoms with Crippen molar-refractivity contribution in [2.45, 2.75) is 19.4 Å². The van der Waals surface area contributed by atoms with Gasteiger partial charge in [0.25, 0.3) is 6.43 Å². The lowest BCUT2D eigenvalue weighted by Gasteiger charge is -2.11. The molecule has 0 unspecified atom stereocenters. The molecule has 0 radical (unpaired) electrons. The summed E-state index contributed by atoms with van der Waals surface area (Å²) in [6.07, 6.45) is -7.44. The molecule has 0 amide bonds. The molecule has 3 aromatic rings. The van der Waals surface area contributed by atoms with Gasteiger partial charge in [-0.2, -0.15) is 0 Å². The van der Waals surface area contributed by atoms with Gasteiger partial charge in [-0.1, -0.05) is 12.1 Å². The van der Waals surface area contributed by atoms with E-state index in [1.54, 1.807) is 12.1 Å². The second kappa shape index (κ2) is 7.36. The molecular formula is C16H9BrF5NO2S. The van der Waals surface area contributed by atoms with Crippen molar-refractivity contribution < 1.29 is 31.4 Å². The Labute approximate surface area is 156 Å². The number of alkyl halides is 5. The van der Waals surface area contributed by atoms with Crippen molar-refractivity contribution in [2.75, 3.05) is 0 Å². The van der Waals surface area contributed by atoms with E-state index in [2.05, 4.69) is 25.7 Å². The Balaban J connectivity index is 1.78. The molecule has 0 spiro atoms. The van der Waals surface area contributed by atoms with E-state index in [0.717, 1.165) is 11.3 Å². The lowest BCUT2D eigenvalue weighted by Crippen LogP contribution is -2.17. The second-order valence-corrected chi connectivity index (χ2v) is 6.97. The monoisotopic (exact) mass is 453 g/mol. The SMILES string of the molecule is FC(F)c1nc2c(OCc3ccc(OC(F)(F)F)cc3)c(Br)ccc2s1. The molecule has 1 heterocycles. The van der Waals surface area contributed by atoms with Gasteiger partial charge in [0.15, 0.2) is 10.8 Å². The van der Waals surface area contributed by atoms with Crippen LogP contribution in [-0.4, -0.2) is 11.3 Å². The molecule has 3 rings (SSSR count). The number of fused-ring (bicyclic) bond motifs is 1. The zero-order valence-corrected chi connectivity index (χ0v) is 15.1. The minimum Gasteiger partial charge on any atom is -0.485 e. The highest BCUT2D eigenvalue weighted by atomic mass is 79.9. The molecule has 1 aromatic heterocycles. The van der Waals surface area contributed by atoms with E-state index in [-0.39, 0.29) is 17.4 Å². The molecule has 0 aliphatic heterocycles. The van der Waals surface area contributed by atoms with Gasteiger partial charge < -0.3 is 9.47 Å². The molecule has 0 aliphatic rings. The molecule has 0 fully saturated rings. The standard InChI is InChI=1S/C16H9BrF5NO2S/c17-10-5-6-11-12(23-15(26-11)14(18)19)13(10)24-7-8-1-3-9(4-2-8)25-16(20,21)22/h1-6,14H,7H2. The van der Waals surface area contributed by atoms with Crippen LogP contribution in [0.4, 0.5) is 22.0 Å². The average Bonchev–Trinajstić information content (AvgIpc) is 2.98. The number of hydrogen-bond acceptors (Lipinski definition) is 4. The number of nitrogens with zero attached hydrogens (tertiary/aromatic N) is 1. The fourth-order valence-corrected chi connectivity index (χ4v) is 3.39. The molecule has 0 N–H and O–H groups in total. The number of aromatic nitrogens is 1. The number of rotatable bonds is 5. The number of hydrogen-bond donors (Lipinski definition) is 0. The van der Waals surface area contributed by atoms with Crippen LogP contribution >= 0.6 is 27.3 Å². The van der Waals surface area contributed by atoms with Crippen LogP contribution in [0, 0.1) is 0 Å². The summed E-state index contributed by atoms with van der Waals surface area (Å²) in [5.74, 6) is -0.0492. The maximum absolute atomic E-state index is 12.8. The van der Waals surface area contributed by atoms with E-state index in [4.69, 9.17) is 4.74 Å². The van der Waals surface area contributed by atoms with E-state index in [1.807, 2.05) is 0 Å². The van der Waals surface area contributed by atoms with Crippen LogP contribution in [0.5, 0.6) is 11.5 Å². The third kappa shape index (κ3) is 4.42. The first-order chi connectivity index (χ1) is 12.2. The Bertz CT molecular complexity index is 911. The summed E-state index contributed by atoms with van der Waals surface area (Å²) in [7, 11) is 0. The molecule has 0 saturated heterocycles. The molecule has 0 aliphatic carbocycles. The second-order valence-electron chi connectivity index (χ2n) is 5.06. The average molecular weight is 454 g/mol. The van der Waals surface area contributed by atoms with Crippen LogP contribution in [0.25, 0.3) is 10.2 Å². The van der Waals surface area contributed by atoms with E-state index in [9.17, 15) is 22.0 Å². The fraction of sp³-hybridized carbons (Fsp3) is 0.188. The van der Waals surface area contributed by atoms with Gasteiger partial charge in [-0.25, -0.2) is 13.8 Å². The Kier molecular flexibility index (Phi) is 5.33. The molecular weight excluding hydrogens is 445 g/mol. The largest absolute Gasteiger partial charge is 0.573 e. The zero-order chi connectivity index (χ0) is 18.9. The lowest BCUT2D eigenvalue weighted by molar-refractivity contribution is -0.274. The van der Waals surface area contributed by atoms with Crippen molar-refractivity contribution in [3.05, 3.63) is 51.4 Å². The molecule has 0 saturated carbocycles. The van der Waals surface area contributed by atoms with Gasteiger partial charge in [-0.15, -0.1) is 24.5 Å². The molecule has 26 heavy (non-hydrogen) atoms. The number of ether oxygens (including phenoxy) is 2. The maximum atomic E-state index is 12.8. The first-order valence-corrected chi connectivity index (χ1v) is 8.68. The highest BCUT2D eigenvalue weighted by Gasteiger charge is 2.30. The Hall–Kier alpha value is -1.94. The van der Waals surface area contributed by atoms with Crippen molar-refractivity contribution in [1.29, 1.82) is 0 Å². The first kappa shape index (κ1) is 18.8. The van der Waals surface area contributed by atoms with Gasteiger partial charge in [-0.3, -0.25) is 0 Å². The van der Waals surface area contributed by atoms with Crippen LogP contribution in [0.1, 0.15) is 17.0 Å². The lowest BCUT2D eigenvalue weighted by atomic mass is 10.2. The normalized spacial score (nSPS) is 12.0. The number of thiazole rings is 1. The molecule has 0 bridgehead atoms. The predicted octanol–water partition coefficient (Wildman–Crippen LogP) is 6.47. The molecule has 0 atom stereocenters. The molecule has 2 aromatic carbocycles. The third-order valence-corrected chi connectivity index (χ3v) is 4.86. The Morgan fingerprint density at radius 1 is 1.08 bits per heavy atom. The summed E-state index contributed by atoms with van der Waals surface area (Å²) in [6.45, 7) is 0.0194. The predicted molar refractivity (Wildman–Crippen MR) is 89.7 cm³/mol. The van der Waals surface area contributed by atoms with Crippen molar-refractivity contribution in [1.82, 2.24) is 4.98 Å². The van der Waals surface area contributed by atoms with Crippen molar-refractivity contribution in [2.24, 2.45) is 0 Å². The van der Waals surface area contributed by atoms with Crippen LogP contribution in [0.3, 0.4) is 0 Å².